The molecule has 8 nitrogen and oxygen atoms in total. The molecule has 0 aliphatic carbocycles. The molecule has 0 fully saturated rings. The third-order valence-corrected chi connectivity index (χ3v) is 5.21. The number of benzene rings is 2. The summed E-state index contributed by atoms with van der Waals surface area (Å²) in [6, 6.07) is 9.19. The van der Waals surface area contributed by atoms with E-state index in [4.69, 9.17) is 28.5 Å². The zero-order valence-electron chi connectivity index (χ0n) is 17.1. The Kier molecular flexibility index (Phi) is 6.67. The van der Waals surface area contributed by atoms with Crippen molar-refractivity contribution in [2.75, 3.05) is 17.2 Å². The minimum atomic E-state index is -0.766. The number of carbonyl (C=O) groups excluding carboxylic acids is 1. The fourth-order valence-corrected chi connectivity index (χ4v) is 3.62. The van der Waals surface area contributed by atoms with Crippen molar-refractivity contribution in [1.29, 1.82) is 5.26 Å². The Bertz CT molecular complexity index is 1420. The highest BCUT2D eigenvalue weighted by Gasteiger charge is 2.19. The van der Waals surface area contributed by atoms with Gasteiger partial charge < -0.3 is 10.6 Å². The van der Waals surface area contributed by atoms with Gasteiger partial charge >= 0.3 is 0 Å². The number of nitrogens with zero attached hydrogens (tertiary/aromatic N) is 5. The number of aromatic nitrogens is 4. The zero-order chi connectivity index (χ0) is 24.2. The van der Waals surface area contributed by atoms with Gasteiger partial charge in [-0.25, -0.2) is 13.8 Å². The molecular weight excluding hydrogens is 487 g/mol. The molecule has 0 atom stereocenters. The Morgan fingerprint density at radius 3 is 2.53 bits per heavy atom. The highest BCUT2D eigenvalue weighted by molar-refractivity contribution is 6.35. The fraction of sp³-hybridized carbons (Fsp3) is 0.0455. The molecule has 2 aromatic carbocycles. The second kappa shape index (κ2) is 9.82. The van der Waals surface area contributed by atoms with Crippen molar-refractivity contribution in [2.24, 2.45) is 0 Å². The maximum atomic E-state index is 15.0. The second-order valence-electron chi connectivity index (χ2n) is 6.82. The van der Waals surface area contributed by atoms with Gasteiger partial charge in [-0.05, 0) is 36.4 Å². The highest BCUT2D eigenvalue weighted by Crippen LogP contribution is 2.34. The molecule has 2 N–H and O–H groups in total. The number of rotatable bonds is 6. The van der Waals surface area contributed by atoms with Gasteiger partial charge in [-0.15, -0.1) is 4.80 Å². The molecule has 0 unspecified atom stereocenters. The van der Waals surface area contributed by atoms with E-state index in [9.17, 15) is 9.18 Å². The van der Waals surface area contributed by atoms with E-state index in [1.165, 1.54) is 41.6 Å². The first-order valence-corrected chi connectivity index (χ1v) is 10.4. The number of nitriles is 1. The summed E-state index contributed by atoms with van der Waals surface area (Å²) in [6.45, 7) is -0.113. The lowest BCUT2D eigenvalue weighted by molar-refractivity contribution is 0.102. The average Bonchev–Trinajstić information content (AvgIpc) is 3.34. The molecule has 2 aromatic heterocycles. The van der Waals surface area contributed by atoms with Crippen molar-refractivity contribution >= 4 is 40.5 Å². The first-order chi connectivity index (χ1) is 16.4. The number of carbonyl (C=O) groups is 1. The molecule has 0 aliphatic heterocycles. The summed E-state index contributed by atoms with van der Waals surface area (Å²) in [7, 11) is 0. The van der Waals surface area contributed by atoms with E-state index in [1.807, 2.05) is 6.07 Å². The minimum absolute atomic E-state index is 0.0303. The van der Waals surface area contributed by atoms with Crippen LogP contribution in [0.3, 0.4) is 0 Å². The maximum absolute atomic E-state index is 15.0. The number of hydrogen-bond acceptors (Lipinski definition) is 6. The topological polar surface area (TPSA) is 109 Å². The van der Waals surface area contributed by atoms with Crippen LogP contribution < -0.4 is 10.6 Å². The highest BCUT2D eigenvalue weighted by atomic mass is 35.5. The third kappa shape index (κ3) is 4.80. The molecular formula is C22H13Cl2F2N7O. The standard InChI is InChI=1S/C22H13Cl2F2N7O/c23-17-9-15(14-2-1-12(25)7-20(14)28-4-3-27)19(26)10-16(17)22(34)32-13-8-18(24)21(29-11-13)33-30-5-6-31-33/h1-2,5-11,28H,4H2,(H,32,34). The van der Waals surface area contributed by atoms with Crippen molar-refractivity contribution in [3.8, 4) is 23.0 Å². The van der Waals surface area contributed by atoms with Gasteiger partial charge in [0.2, 0.25) is 0 Å². The van der Waals surface area contributed by atoms with Gasteiger partial charge in [0.1, 0.15) is 18.2 Å². The van der Waals surface area contributed by atoms with Crippen LogP contribution in [0.1, 0.15) is 10.4 Å². The van der Waals surface area contributed by atoms with Crippen LogP contribution in [0.25, 0.3) is 16.9 Å². The van der Waals surface area contributed by atoms with E-state index in [2.05, 4.69) is 25.8 Å². The molecule has 0 radical (unpaired) electrons. The number of nitrogens with one attached hydrogen (secondary N) is 2. The number of amides is 1. The van der Waals surface area contributed by atoms with Gasteiger partial charge in [-0.1, -0.05) is 23.2 Å². The van der Waals surface area contributed by atoms with Crippen LogP contribution in [-0.4, -0.2) is 32.4 Å². The molecule has 4 rings (SSSR count). The van der Waals surface area contributed by atoms with Crippen molar-refractivity contribution in [1.82, 2.24) is 20.0 Å². The van der Waals surface area contributed by atoms with Gasteiger partial charge in [0, 0.05) is 16.8 Å². The van der Waals surface area contributed by atoms with Crippen LogP contribution in [0.4, 0.5) is 20.2 Å². The van der Waals surface area contributed by atoms with Gasteiger partial charge in [0.05, 0.1) is 46.0 Å². The summed E-state index contributed by atoms with van der Waals surface area (Å²) in [5.74, 6) is -1.76. The van der Waals surface area contributed by atoms with Crippen molar-refractivity contribution in [2.45, 2.75) is 0 Å². The van der Waals surface area contributed by atoms with E-state index in [1.54, 1.807) is 0 Å². The molecule has 0 spiro atoms. The average molecular weight is 500 g/mol. The summed E-state index contributed by atoms with van der Waals surface area (Å²) in [5, 5.41) is 22.1. The lowest BCUT2D eigenvalue weighted by atomic mass is 10.0. The monoisotopic (exact) mass is 499 g/mol. The SMILES string of the molecule is N#CCNc1cc(F)ccc1-c1cc(Cl)c(C(=O)Nc2cnc(-n3nccn3)c(Cl)c2)cc1F. The molecule has 34 heavy (non-hydrogen) atoms. The van der Waals surface area contributed by atoms with E-state index in [-0.39, 0.29) is 50.5 Å². The maximum Gasteiger partial charge on any atom is 0.257 e. The second-order valence-corrected chi connectivity index (χ2v) is 7.63. The number of anilines is 2. The van der Waals surface area contributed by atoms with E-state index in [0.717, 1.165) is 18.2 Å². The van der Waals surface area contributed by atoms with Crippen LogP contribution >= 0.6 is 23.2 Å². The molecule has 1 amide bonds. The van der Waals surface area contributed by atoms with Crippen LogP contribution in [0.5, 0.6) is 0 Å². The Hall–Kier alpha value is -4.07. The molecule has 2 heterocycles. The summed E-state index contributed by atoms with van der Waals surface area (Å²) in [4.78, 5) is 18.1. The predicted octanol–water partition coefficient (Wildman–Crippen LogP) is 5.10. The largest absolute Gasteiger partial charge is 0.372 e. The predicted molar refractivity (Wildman–Crippen MR) is 123 cm³/mol. The quantitative estimate of drug-likeness (QED) is 0.357. The zero-order valence-corrected chi connectivity index (χ0v) is 18.6. The molecule has 12 heteroatoms. The van der Waals surface area contributed by atoms with E-state index >= 15 is 4.39 Å². The Morgan fingerprint density at radius 2 is 1.82 bits per heavy atom. The van der Waals surface area contributed by atoms with Crippen LogP contribution in [-0.2, 0) is 0 Å². The van der Waals surface area contributed by atoms with Crippen LogP contribution in [0.2, 0.25) is 10.0 Å². The molecule has 170 valence electrons. The fourth-order valence-electron chi connectivity index (χ4n) is 3.13. The molecule has 0 aliphatic rings. The minimum Gasteiger partial charge on any atom is -0.372 e. The lowest BCUT2D eigenvalue weighted by Crippen LogP contribution is -2.14. The van der Waals surface area contributed by atoms with E-state index < -0.39 is 17.5 Å². The third-order valence-electron chi connectivity index (χ3n) is 4.62. The Morgan fingerprint density at radius 1 is 1.06 bits per heavy atom. The van der Waals surface area contributed by atoms with Gasteiger partial charge in [-0.2, -0.15) is 15.5 Å². The number of halogens is 4. The van der Waals surface area contributed by atoms with E-state index in [0.29, 0.717) is 0 Å². The molecule has 0 saturated heterocycles. The normalized spacial score (nSPS) is 10.6. The smallest absolute Gasteiger partial charge is 0.257 e. The lowest BCUT2D eigenvalue weighted by Gasteiger charge is -2.14. The molecule has 0 bridgehead atoms. The van der Waals surface area contributed by atoms with Crippen molar-refractivity contribution in [3.05, 3.63) is 82.2 Å². The van der Waals surface area contributed by atoms with Crippen molar-refractivity contribution < 1.29 is 13.6 Å². The Balaban J connectivity index is 1.61. The molecule has 4 aromatic rings. The summed E-state index contributed by atoms with van der Waals surface area (Å²) < 4.78 is 28.7. The number of hydrogen-bond donors (Lipinski definition) is 2. The first kappa shape index (κ1) is 23.1. The summed E-state index contributed by atoms with van der Waals surface area (Å²) in [5.41, 5.74) is 0.629. The van der Waals surface area contributed by atoms with Crippen LogP contribution in [0, 0.1) is 23.0 Å². The molecule has 0 saturated carbocycles. The first-order valence-electron chi connectivity index (χ1n) is 9.60. The van der Waals surface area contributed by atoms with Crippen LogP contribution in [0.15, 0.2) is 55.0 Å². The van der Waals surface area contributed by atoms with Gasteiger partial charge in [0.15, 0.2) is 5.82 Å². The van der Waals surface area contributed by atoms with Gasteiger partial charge in [-0.3, -0.25) is 4.79 Å². The van der Waals surface area contributed by atoms with Gasteiger partial charge in [0.25, 0.3) is 5.91 Å². The number of pyridine rings is 1. The summed E-state index contributed by atoms with van der Waals surface area (Å²) >= 11 is 12.5. The Labute approximate surface area is 201 Å². The van der Waals surface area contributed by atoms with Crippen molar-refractivity contribution in [3.63, 3.8) is 0 Å². The summed E-state index contributed by atoms with van der Waals surface area (Å²) in [6.07, 6.45) is 4.26.